The van der Waals surface area contributed by atoms with Gasteiger partial charge in [0.15, 0.2) is 11.5 Å². The first-order valence-electron chi connectivity index (χ1n) is 7.51. The molecule has 0 aliphatic rings. The van der Waals surface area contributed by atoms with E-state index in [-0.39, 0.29) is 11.5 Å². The summed E-state index contributed by atoms with van der Waals surface area (Å²) >= 11 is 0. The summed E-state index contributed by atoms with van der Waals surface area (Å²) in [5, 5.41) is 16.1. The molecule has 0 spiro atoms. The van der Waals surface area contributed by atoms with Crippen molar-refractivity contribution in [1.82, 2.24) is 15.0 Å². The fraction of sp³-hybridized carbons (Fsp3) is 0.118. The molecule has 25 heavy (non-hydrogen) atoms. The molecule has 0 radical (unpaired) electrons. The number of pyridine rings is 1. The van der Waals surface area contributed by atoms with E-state index in [1.165, 1.54) is 6.20 Å². The molecule has 8 heteroatoms. The van der Waals surface area contributed by atoms with Crippen LogP contribution in [0.4, 0.5) is 17.3 Å². The van der Waals surface area contributed by atoms with Crippen molar-refractivity contribution >= 4 is 34.1 Å². The number of rotatable bonds is 5. The van der Waals surface area contributed by atoms with Gasteiger partial charge in [-0.15, -0.1) is 0 Å². The van der Waals surface area contributed by atoms with Crippen LogP contribution in [0.1, 0.15) is 12.6 Å². The SMILES string of the molecule is C[C@@H](Nc1cnc(C#N)c(Nc2ccc3ncccc3c2)n1)C(N)=O. The third kappa shape index (κ3) is 3.61. The first-order valence-corrected chi connectivity index (χ1v) is 7.51. The Morgan fingerprint density at radius 3 is 2.92 bits per heavy atom. The topological polar surface area (TPSA) is 130 Å². The number of benzene rings is 1. The van der Waals surface area contributed by atoms with E-state index in [1.807, 2.05) is 36.4 Å². The highest BCUT2D eigenvalue weighted by molar-refractivity contribution is 5.84. The van der Waals surface area contributed by atoms with Crippen LogP contribution in [0.2, 0.25) is 0 Å². The maximum absolute atomic E-state index is 11.2. The van der Waals surface area contributed by atoms with Gasteiger partial charge in [-0.3, -0.25) is 9.78 Å². The molecule has 124 valence electrons. The summed E-state index contributed by atoms with van der Waals surface area (Å²) in [5.41, 5.74) is 6.98. The van der Waals surface area contributed by atoms with E-state index in [9.17, 15) is 10.1 Å². The van der Waals surface area contributed by atoms with Crippen LogP contribution in [0.3, 0.4) is 0 Å². The number of nitriles is 1. The van der Waals surface area contributed by atoms with Gasteiger partial charge in [0.1, 0.15) is 17.9 Å². The Balaban J connectivity index is 1.91. The van der Waals surface area contributed by atoms with Crippen LogP contribution < -0.4 is 16.4 Å². The van der Waals surface area contributed by atoms with Crippen molar-refractivity contribution in [2.45, 2.75) is 13.0 Å². The molecule has 3 aromatic rings. The Morgan fingerprint density at radius 1 is 1.32 bits per heavy atom. The van der Waals surface area contributed by atoms with Crippen molar-refractivity contribution in [3.63, 3.8) is 0 Å². The zero-order valence-electron chi connectivity index (χ0n) is 13.4. The van der Waals surface area contributed by atoms with E-state index in [0.717, 1.165) is 16.6 Å². The summed E-state index contributed by atoms with van der Waals surface area (Å²) in [7, 11) is 0. The number of nitrogens with two attached hydrogens (primary N) is 1. The molecule has 2 aromatic heterocycles. The van der Waals surface area contributed by atoms with E-state index < -0.39 is 11.9 Å². The standard InChI is InChI=1S/C17H15N7O/c1-10(16(19)25)22-15-9-21-14(8-18)17(24-15)23-12-4-5-13-11(7-12)3-2-6-20-13/h2-7,9-10H,1H3,(H2,19,25)(H2,22,23,24)/t10-/m1/s1. The minimum absolute atomic E-state index is 0.142. The number of amides is 1. The lowest BCUT2D eigenvalue weighted by Gasteiger charge is -2.13. The number of carbonyl (C=O) groups is 1. The second kappa shape index (κ2) is 6.80. The average Bonchev–Trinajstić information content (AvgIpc) is 2.62. The Kier molecular flexibility index (Phi) is 4.39. The van der Waals surface area contributed by atoms with Gasteiger partial charge >= 0.3 is 0 Å². The second-order valence-corrected chi connectivity index (χ2v) is 5.37. The van der Waals surface area contributed by atoms with E-state index in [1.54, 1.807) is 13.1 Å². The van der Waals surface area contributed by atoms with Gasteiger partial charge in [-0.2, -0.15) is 5.26 Å². The number of nitrogens with one attached hydrogen (secondary N) is 2. The quantitative estimate of drug-likeness (QED) is 0.650. The van der Waals surface area contributed by atoms with E-state index in [2.05, 4.69) is 25.6 Å². The molecule has 2 heterocycles. The van der Waals surface area contributed by atoms with Gasteiger partial charge in [0.2, 0.25) is 5.91 Å². The molecule has 0 saturated heterocycles. The highest BCUT2D eigenvalue weighted by atomic mass is 16.1. The first-order chi connectivity index (χ1) is 12.1. The van der Waals surface area contributed by atoms with E-state index in [4.69, 9.17) is 5.73 Å². The minimum atomic E-state index is -0.609. The van der Waals surface area contributed by atoms with Crippen molar-refractivity contribution in [2.24, 2.45) is 5.73 Å². The smallest absolute Gasteiger partial charge is 0.239 e. The molecule has 0 saturated carbocycles. The Labute approximate surface area is 143 Å². The zero-order valence-corrected chi connectivity index (χ0v) is 13.4. The average molecular weight is 333 g/mol. The van der Waals surface area contributed by atoms with Crippen LogP contribution in [0.25, 0.3) is 10.9 Å². The molecule has 0 bridgehead atoms. The lowest BCUT2D eigenvalue weighted by molar-refractivity contribution is -0.118. The lowest BCUT2D eigenvalue weighted by atomic mass is 10.2. The van der Waals surface area contributed by atoms with Crippen molar-refractivity contribution < 1.29 is 4.79 Å². The summed E-state index contributed by atoms with van der Waals surface area (Å²) < 4.78 is 0. The van der Waals surface area contributed by atoms with Gasteiger partial charge in [0.25, 0.3) is 0 Å². The molecule has 0 unspecified atom stereocenters. The third-order valence-corrected chi connectivity index (χ3v) is 3.54. The molecule has 0 aliphatic heterocycles. The second-order valence-electron chi connectivity index (χ2n) is 5.37. The Bertz CT molecular complexity index is 980. The van der Waals surface area contributed by atoms with Crippen LogP contribution in [0.15, 0.2) is 42.7 Å². The van der Waals surface area contributed by atoms with Gasteiger partial charge in [-0.1, -0.05) is 6.07 Å². The van der Waals surface area contributed by atoms with Gasteiger partial charge < -0.3 is 16.4 Å². The summed E-state index contributed by atoms with van der Waals surface area (Å²) in [4.78, 5) is 23.8. The fourth-order valence-electron chi connectivity index (χ4n) is 2.21. The molecule has 1 aromatic carbocycles. The van der Waals surface area contributed by atoms with Crippen LogP contribution in [-0.4, -0.2) is 26.9 Å². The molecular formula is C17H15N7O. The predicted molar refractivity (Wildman–Crippen MR) is 94.1 cm³/mol. The molecule has 1 atom stereocenters. The van der Waals surface area contributed by atoms with E-state index in [0.29, 0.717) is 5.82 Å². The van der Waals surface area contributed by atoms with Crippen molar-refractivity contribution in [2.75, 3.05) is 10.6 Å². The summed E-state index contributed by atoms with van der Waals surface area (Å²) in [6, 6.07) is 10.8. The maximum Gasteiger partial charge on any atom is 0.239 e. The van der Waals surface area contributed by atoms with Crippen LogP contribution in [0.5, 0.6) is 0 Å². The highest BCUT2D eigenvalue weighted by Crippen LogP contribution is 2.22. The third-order valence-electron chi connectivity index (χ3n) is 3.54. The number of hydrogen-bond donors (Lipinski definition) is 3. The Hall–Kier alpha value is -3.73. The number of carbonyl (C=O) groups excluding carboxylic acids is 1. The number of nitrogens with zero attached hydrogens (tertiary/aromatic N) is 4. The van der Waals surface area contributed by atoms with Crippen molar-refractivity contribution in [3.8, 4) is 6.07 Å². The molecule has 0 fully saturated rings. The lowest BCUT2D eigenvalue weighted by Crippen LogP contribution is -2.32. The van der Waals surface area contributed by atoms with Crippen LogP contribution in [0, 0.1) is 11.3 Å². The number of hydrogen-bond acceptors (Lipinski definition) is 7. The minimum Gasteiger partial charge on any atom is -0.368 e. The van der Waals surface area contributed by atoms with Gasteiger partial charge in [0.05, 0.1) is 11.7 Å². The molecule has 1 amide bonds. The first kappa shape index (κ1) is 16.1. The van der Waals surface area contributed by atoms with Gasteiger partial charge in [-0.05, 0) is 31.2 Å². The van der Waals surface area contributed by atoms with E-state index >= 15 is 0 Å². The van der Waals surface area contributed by atoms with Crippen molar-refractivity contribution in [1.29, 1.82) is 5.26 Å². The maximum atomic E-state index is 11.2. The molecular weight excluding hydrogens is 318 g/mol. The fourth-order valence-corrected chi connectivity index (χ4v) is 2.21. The summed E-state index contributed by atoms with van der Waals surface area (Å²) in [5.74, 6) is 0.116. The summed E-state index contributed by atoms with van der Waals surface area (Å²) in [6.07, 6.45) is 3.11. The molecule has 3 rings (SSSR count). The summed E-state index contributed by atoms with van der Waals surface area (Å²) in [6.45, 7) is 1.62. The number of aromatic nitrogens is 3. The molecule has 8 nitrogen and oxygen atoms in total. The largest absolute Gasteiger partial charge is 0.368 e. The van der Waals surface area contributed by atoms with Gasteiger partial charge in [-0.25, -0.2) is 9.97 Å². The van der Waals surface area contributed by atoms with Gasteiger partial charge in [0, 0.05) is 17.3 Å². The monoisotopic (exact) mass is 333 g/mol. The number of primary amides is 1. The number of fused-ring (bicyclic) bond motifs is 1. The predicted octanol–water partition coefficient (Wildman–Crippen LogP) is 1.93. The Morgan fingerprint density at radius 2 is 2.16 bits per heavy atom. The molecule has 0 aliphatic carbocycles. The normalized spacial score (nSPS) is 11.5. The zero-order chi connectivity index (χ0) is 17.8. The van der Waals surface area contributed by atoms with Crippen molar-refractivity contribution in [3.05, 3.63) is 48.4 Å². The van der Waals surface area contributed by atoms with Crippen LogP contribution >= 0.6 is 0 Å². The van der Waals surface area contributed by atoms with Crippen LogP contribution in [-0.2, 0) is 4.79 Å². The highest BCUT2D eigenvalue weighted by Gasteiger charge is 2.12. The number of anilines is 3. The molecule has 4 N–H and O–H groups in total.